The van der Waals surface area contributed by atoms with Crippen LogP contribution < -0.4 is 10.1 Å². The van der Waals surface area contributed by atoms with Gasteiger partial charge in [0.05, 0.1) is 24.1 Å². The van der Waals surface area contributed by atoms with Crippen LogP contribution in [-0.4, -0.2) is 53.8 Å². The summed E-state index contributed by atoms with van der Waals surface area (Å²) in [6.45, 7) is 4.71. The highest BCUT2D eigenvalue weighted by Crippen LogP contribution is 2.21. The monoisotopic (exact) mass is 431 g/mol. The molecule has 1 heterocycles. The van der Waals surface area contributed by atoms with Crippen LogP contribution in [0, 0.1) is 0 Å². The first-order chi connectivity index (χ1) is 14.4. The molecule has 2 aromatic carbocycles. The van der Waals surface area contributed by atoms with Gasteiger partial charge < -0.3 is 10.1 Å². The molecule has 3 aromatic rings. The Morgan fingerprint density at radius 1 is 1.13 bits per heavy atom. The molecule has 0 aliphatic rings. The van der Waals surface area contributed by atoms with E-state index in [2.05, 4.69) is 15.6 Å². The van der Waals surface area contributed by atoms with E-state index in [1.165, 1.54) is 10.4 Å². The minimum absolute atomic E-state index is 0.162. The summed E-state index contributed by atoms with van der Waals surface area (Å²) in [6.07, 6.45) is 0.198. The SMILES string of the molecule is CCN(CC)S(=O)(=O)c1ccc2c(c1)nnn2CCC(=O)Nc1ccc(OC)cc1. The Labute approximate surface area is 175 Å². The third-order valence-corrected chi connectivity index (χ3v) is 6.80. The predicted molar refractivity (Wildman–Crippen MR) is 114 cm³/mol. The minimum atomic E-state index is -3.57. The highest BCUT2D eigenvalue weighted by atomic mass is 32.2. The zero-order valence-corrected chi connectivity index (χ0v) is 18.0. The molecule has 10 heteroatoms. The van der Waals surface area contributed by atoms with Crippen molar-refractivity contribution in [3.63, 3.8) is 0 Å². The number of rotatable bonds is 9. The fourth-order valence-corrected chi connectivity index (χ4v) is 4.57. The van der Waals surface area contributed by atoms with Crippen molar-refractivity contribution in [3.8, 4) is 5.75 Å². The van der Waals surface area contributed by atoms with Gasteiger partial charge in [-0.25, -0.2) is 13.1 Å². The second-order valence-corrected chi connectivity index (χ2v) is 8.52. The fourth-order valence-electron chi connectivity index (χ4n) is 3.10. The summed E-state index contributed by atoms with van der Waals surface area (Å²) >= 11 is 0. The number of amides is 1. The molecule has 160 valence electrons. The number of aromatic nitrogens is 3. The Hall–Kier alpha value is -2.98. The summed E-state index contributed by atoms with van der Waals surface area (Å²) in [7, 11) is -1.98. The lowest BCUT2D eigenvalue weighted by atomic mass is 10.3. The topological polar surface area (TPSA) is 106 Å². The van der Waals surface area contributed by atoms with Crippen molar-refractivity contribution in [1.29, 1.82) is 0 Å². The van der Waals surface area contributed by atoms with Crippen LogP contribution in [0.3, 0.4) is 0 Å². The van der Waals surface area contributed by atoms with Crippen LogP contribution in [0.25, 0.3) is 11.0 Å². The lowest BCUT2D eigenvalue weighted by molar-refractivity contribution is -0.116. The average Bonchev–Trinajstić information content (AvgIpc) is 3.16. The normalized spacial score (nSPS) is 11.7. The van der Waals surface area contributed by atoms with Gasteiger partial charge in [-0.05, 0) is 42.5 Å². The molecule has 0 fully saturated rings. The average molecular weight is 432 g/mol. The Kier molecular flexibility index (Phi) is 6.68. The maximum Gasteiger partial charge on any atom is 0.243 e. The maximum atomic E-state index is 12.7. The number of sulfonamides is 1. The van der Waals surface area contributed by atoms with Gasteiger partial charge in [-0.15, -0.1) is 5.10 Å². The molecule has 0 bridgehead atoms. The van der Waals surface area contributed by atoms with Crippen molar-refractivity contribution >= 4 is 32.7 Å². The van der Waals surface area contributed by atoms with Crippen LogP contribution in [0.4, 0.5) is 5.69 Å². The first-order valence-corrected chi connectivity index (χ1v) is 11.1. The number of carbonyl (C=O) groups is 1. The van der Waals surface area contributed by atoms with Gasteiger partial charge in [0.2, 0.25) is 15.9 Å². The number of carbonyl (C=O) groups excluding carboxylic acids is 1. The predicted octanol–water partition coefficient (Wildman–Crippen LogP) is 2.50. The second-order valence-electron chi connectivity index (χ2n) is 6.58. The van der Waals surface area contributed by atoms with Gasteiger partial charge in [-0.2, -0.15) is 4.31 Å². The van der Waals surface area contributed by atoms with E-state index in [9.17, 15) is 13.2 Å². The highest BCUT2D eigenvalue weighted by Gasteiger charge is 2.22. The number of benzene rings is 2. The van der Waals surface area contributed by atoms with Gasteiger partial charge >= 0.3 is 0 Å². The number of nitrogens with one attached hydrogen (secondary N) is 1. The molecular weight excluding hydrogens is 406 g/mol. The van der Waals surface area contributed by atoms with Crippen LogP contribution in [0.5, 0.6) is 5.75 Å². The molecule has 0 aliphatic carbocycles. The molecular formula is C20H25N5O4S. The van der Waals surface area contributed by atoms with E-state index < -0.39 is 10.0 Å². The van der Waals surface area contributed by atoms with E-state index in [0.29, 0.717) is 42.1 Å². The molecule has 0 aliphatic heterocycles. The van der Waals surface area contributed by atoms with E-state index >= 15 is 0 Å². The van der Waals surface area contributed by atoms with Crippen LogP contribution >= 0.6 is 0 Å². The lowest BCUT2D eigenvalue weighted by Gasteiger charge is -2.18. The summed E-state index contributed by atoms with van der Waals surface area (Å²) in [5, 5.41) is 11.0. The molecule has 30 heavy (non-hydrogen) atoms. The number of methoxy groups -OCH3 is 1. The standard InChI is InChI=1S/C20H25N5O4S/c1-4-24(5-2)30(27,28)17-10-11-19-18(14-17)22-23-25(19)13-12-20(26)21-15-6-8-16(29-3)9-7-15/h6-11,14H,4-5,12-13H2,1-3H3,(H,21,26). The second kappa shape index (κ2) is 9.23. The molecule has 1 amide bonds. The van der Waals surface area contributed by atoms with E-state index in [-0.39, 0.29) is 17.2 Å². The molecule has 9 nitrogen and oxygen atoms in total. The fraction of sp³-hybridized carbons (Fsp3) is 0.350. The van der Waals surface area contributed by atoms with Crippen molar-refractivity contribution in [3.05, 3.63) is 42.5 Å². The number of anilines is 1. The summed E-state index contributed by atoms with van der Waals surface area (Å²) in [4.78, 5) is 12.4. The Balaban J connectivity index is 1.69. The zero-order valence-electron chi connectivity index (χ0n) is 17.2. The Bertz CT molecular complexity index is 1120. The lowest BCUT2D eigenvalue weighted by Crippen LogP contribution is -2.30. The first kappa shape index (κ1) is 21.7. The van der Waals surface area contributed by atoms with Gasteiger partial charge in [0.1, 0.15) is 11.3 Å². The molecule has 0 radical (unpaired) electrons. The quantitative estimate of drug-likeness (QED) is 0.558. The first-order valence-electron chi connectivity index (χ1n) is 9.66. The zero-order chi connectivity index (χ0) is 21.7. The third-order valence-electron chi connectivity index (χ3n) is 4.75. The van der Waals surface area contributed by atoms with Crippen LogP contribution in [-0.2, 0) is 21.4 Å². The molecule has 3 rings (SSSR count). The third kappa shape index (κ3) is 4.60. The van der Waals surface area contributed by atoms with Crippen molar-refractivity contribution < 1.29 is 17.9 Å². The number of fused-ring (bicyclic) bond motifs is 1. The maximum absolute atomic E-state index is 12.7. The van der Waals surface area contributed by atoms with E-state index in [0.717, 1.165) is 0 Å². The largest absolute Gasteiger partial charge is 0.497 e. The summed E-state index contributed by atoms with van der Waals surface area (Å²) in [5.74, 6) is 0.550. The van der Waals surface area contributed by atoms with Crippen molar-refractivity contribution in [2.24, 2.45) is 0 Å². The van der Waals surface area contributed by atoms with Crippen LogP contribution in [0.1, 0.15) is 20.3 Å². The molecule has 0 atom stereocenters. The number of aryl methyl sites for hydroxylation is 1. The van der Waals surface area contributed by atoms with Crippen LogP contribution in [0.2, 0.25) is 0 Å². The van der Waals surface area contributed by atoms with E-state index in [1.807, 2.05) is 0 Å². The number of ether oxygens (including phenoxy) is 1. The molecule has 1 aromatic heterocycles. The highest BCUT2D eigenvalue weighted by molar-refractivity contribution is 7.89. The van der Waals surface area contributed by atoms with Crippen LogP contribution in [0.15, 0.2) is 47.4 Å². The molecule has 1 N–H and O–H groups in total. The summed E-state index contributed by atoms with van der Waals surface area (Å²) < 4.78 is 33.4. The van der Waals surface area contributed by atoms with Gasteiger partial charge in [0.15, 0.2) is 0 Å². The summed E-state index contributed by atoms with van der Waals surface area (Å²) in [6, 6.07) is 11.8. The van der Waals surface area contributed by atoms with E-state index in [1.54, 1.807) is 62.0 Å². The van der Waals surface area contributed by atoms with Gasteiger partial charge in [0.25, 0.3) is 0 Å². The number of nitrogens with zero attached hydrogens (tertiary/aromatic N) is 4. The van der Waals surface area contributed by atoms with Gasteiger partial charge in [-0.3, -0.25) is 4.79 Å². The Morgan fingerprint density at radius 3 is 2.47 bits per heavy atom. The van der Waals surface area contributed by atoms with Gasteiger partial charge in [-0.1, -0.05) is 19.1 Å². The minimum Gasteiger partial charge on any atom is -0.497 e. The van der Waals surface area contributed by atoms with Crippen molar-refractivity contribution in [2.75, 3.05) is 25.5 Å². The smallest absolute Gasteiger partial charge is 0.243 e. The number of hydrogen-bond donors (Lipinski definition) is 1. The molecule has 0 spiro atoms. The molecule has 0 unspecified atom stereocenters. The Morgan fingerprint density at radius 2 is 1.83 bits per heavy atom. The number of hydrogen-bond acceptors (Lipinski definition) is 6. The molecule has 0 saturated heterocycles. The van der Waals surface area contributed by atoms with E-state index in [4.69, 9.17) is 4.74 Å². The van der Waals surface area contributed by atoms with Crippen molar-refractivity contribution in [2.45, 2.75) is 31.7 Å². The van der Waals surface area contributed by atoms with Gasteiger partial charge in [0, 0.05) is 25.2 Å². The van der Waals surface area contributed by atoms with Crippen molar-refractivity contribution in [1.82, 2.24) is 19.3 Å². The summed E-state index contributed by atoms with van der Waals surface area (Å²) in [5.41, 5.74) is 1.82. The molecule has 0 saturated carbocycles.